The fourth-order valence-corrected chi connectivity index (χ4v) is 3.80. The number of benzene rings is 3. The number of hydrogen-bond donors (Lipinski definition) is 0. The van der Waals surface area contributed by atoms with Crippen molar-refractivity contribution in [1.82, 2.24) is 9.55 Å². The van der Waals surface area contributed by atoms with Gasteiger partial charge in [0, 0.05) is 10.6 Å². The number of para-hydroxylation sites is 1. The third-order valence-electron chi connectivity index (χ3n) is 5.12. The molecule has 5 aromatic rings. The Morgan fingerprint density at radius 2 is 1.70 bits per heavy atom. The van der Waals surface area contributed by atoms with Crippen molar-refractivity contribution in [2.24, 2.45) is 0 Å². The Balaban J connectivity index is 1.60. The van der Waals surface area contributed by atoms with Crippen LogP contribution in [0.4, 0.5) is 4.39 Å². The molecule has 2 heterocycles. The summed E-state index contributed by atoms with van der Waals surface area (Å²) in [7, 11) is 0. The van der Waals surface area contributed by atoms with Crippen molar-refractivity contribution in [3.8, 4) is 17.0 Å². The van der Waals surface area contributed by atoms with Crippen molar-refractivity contribution < 1.29 is 8.81 Å². The van der Waals surface area contributed by atoms with Crippen LogP contribution in [0.25, 0.3) is 40.1 Å². The summed E-state index contributed by atoms with van der Waals surface area (Å²) in [6.07, 6.45) is 3.40. The molecule has 0 aliphatic carbocycles. The molecule has 0 aliphatic heterocycles. The highest BCUT2D eigenvalue weighted by Crippen LogP contribution is 2.25. The van der Waals surface area contributed by atoms with Gasteiger partial charge >= 0.3 is 0 Å². The molecule has 33 heavy (non-hydrogen) atoms. The van der Waals surface area contributed by atoms with Crippen LogP contribution in [0.2, 0.25) is 10.0 Å². The van der Waals surface area contributed by atoms with E-state index in [4.69, 9.17) is 27.6 Å². The summed E-state index contributed by atoms with van der Waals surface area (Å²) < 4.78 is 21.0. The zero-order valence-corrected chi connectivity index (χ0v) is 18.5. The van der Waals surface area contributed by atoms with E-state index in [0.29, 0.717) is 39.0 Å². The molecule has 0 amide bonds. The van der Waals surface area contributed by atoms with E-state index in [1.165, 1.54) is 22.8 Å². The first-order valence-electron chi connectivity index (χ1n) is 10.0. The highest BCUT2D eigenvalue weighted by atomic mass is 35.5. The van der Waals surface area contributed by atoms with Crippen molar-refractivity contribution >= 4 is 46.3 Å². The van der Waals surface area contributed by atoms with Crippen molar-refractivity contribution in [2.75, 3.05) is 0 Å². The molecule has 5 rings (SSSR count). The van der Waals surface area contributed by atoms with Crippen LogP contribution in [-0.2, 0) is 0 Å². The van der Waals surface area contributed by atoms with E-state index >= 15 is 0 Å². The monoisotopic (exact) mass is 476 g/mol. The summed E-state index contributed by atoms with van der Waals surface area (Å²) >= 11 is 11.9. The Hall–Kier alpha value is -3.67. The van der Waals surface area contributed by atoms with Crippen LogP contribution in [0, 0.1) is 5.82 Å². The van der Waals surface area contributed by atoms with Gasteiger partial charge in [-0.2, -0.15) is 0 Å². The average molecular weight is 477 g/mol. The summed E-state index contributed by atoms with van der Waals surface area (Å²) in [6.45, 7) is 0. The Morgan fingerprint density at radius 3 is 2.48 bits per heavy atom. The molecule has 0 N–H and O–H groups in total. The van der Waals surface area contributed by atoms with Gasteiger partial charge in [0.1, 0.15) is 23.2 Å². The van der Waals surface area contributed by atoms with E-state index in [1.807, 2.05) is 30.3 Å². The van der Waals surface area contributed by atoms with Crippen LogP contribution in [0.1, 0.15) is 11.6 Å². The first-order valence-corrected chi connectivity index (χ1v) is 10.8. The zero-order valence-electron chi connectivity index (χ0n) is 17.0. The molecular formula is C26H15Cl2FN2O2. The van der Waals surface area contributed by atoms with Crippen molar-refractivity contribution in [3.05, 3.63) is 117 Å². The molecule has 0 radical (unpaired) electrons. The average Bonchev–Trinajstić information content (AvgIpc) is 3.29. The van der Waals surface area contributed by atoms with E-state index in [2.05, 4.69) is 4.98 Å². The molecule has 2 aromatic heterocycles. The summed E-state index contributed by atoms with van der Waals surface area (Å²) in [4.78, 5) is 17.9. The van der Waals surface area contributed by atoms with Gasteiger partial charge in [-0.25, -0.2) is 9.37 Å². The van der Waals surface area contributed by atoms with Gasteiger partial charge in [-0.05, 0) is 78.9 Å². The molecule has 0 fully saturated rings. The molecule has 7 heteroatoms. The highest BCUT2D eigenvalue weighted by molar-refractivity contribution is 6.31. The summed E-state index contributed by atoms with van der Waals surface area (Å²) in [5.41, 5.74) is 1.56. The SMILES string of the molecule is O=c1c2ccccc2nc(/C=C/c2ccc(-c3ccc(Cl)cc3)o2)n1-c1ccc(F)c(Cl)c1. The van der Waals surface area contributed by atoms with Crippen molar-refractivity contribution in [1.29, 1.82) is 0 Å². The third-order valence-corrected chi connectivity index (χ3v) is 5.66. The number of aromatic nitrogens is 2. The predicted octanol–water partition coefficient (Wildman–Crippen LogP) is 7.26. The van der Waals surface area contributed by atoms with Crippen LogP contribution in [0.3, 0.4) is 0 Å². The second-order valence-corrected chi connectivity index (χ2v) is 8.11. The third kappa shape index (κ3) is 4.21. The van der Waals surface area contributed by atoms with Gasteiger partial charge < -0.3 is 4.42 Å². The molecular weight excluding hydrogens is 462 g/mol. The maximum atomic E-state index is 13.7. The fourth-order valence-electron chi connectivity index (χ4n) is 3.50. The number of fused-ring (bicyclic) bond motifs is 1. The molecule has 162 valence electrons. The second kappa shape index (κ2) is 8.70. The molecule has 4 nitrogen and oxygen atoms in total. The van der Waals surface area contributed by atoms with Crippen molar-refractivity contribution in [3.63, 3.8) is 0 Å². The number of hydrogen-bond acceptors (Lipinski definition) is 3. The van der Waals surface area contributed by atoms with Crippen LogP contribution < -0.4 is 5.56 Å². The summed E-state index contributed by atoms with van der Waals surface area (Å²) in [5.74, 6) is 1.04. The largest absolute Gasteiger partial charge is 0.457 e. The van der Waals surface area contributed by atoms with Gasteiger partial charge in [0.05, 0.1) is 21.6 Å². The smallest absolute Gasteiger partial charge is 0.266 e. The molecule has 0 unspecified atom stereocenters. The van der Waals surface area contributed by atoms with Crippen LogP contribution >= 0.6 is 23.2 Å². The van der Waals surface area contributed by atoms with Gasteiger partial charge in [-0.1, -0.05) is 35.3 Å². The Bertz CT molecular complexity index is 1570. The molecule has 0 bridgehead atoms. The summed E-state index contributed by atoms with van der Waals surface area (Å²) in [6, 6.07) is 22.1. The van der Waals surface area contributed by atoms with E-state index in [-0.39, 0.29) is 10.6 Å². The Labute approximate surface area is 198 Å². The van der Waals surface area contributed by atoms with Gasteiger partial charge in [0.2, 0.25) is 0 Å². The molecule has 0 saturated carbocycles. The number of halogens is 3. The minimum absolute atomic E-state index is 0.0823. The van der Waals surface area contributed by atoms with Crippen LogP contribution in [0.15, 0.2) is 88.1 Å². The normalized spacial score (nSPS) is 11.5. The maximum absolute atomic E-state index is 13.7. The lowest BCUT2D eigenvalue weighted by molar-refractivity contribution is 0.572. The number of furan rings is 1. The van der Waals surface area contributed by atoms with Gasteiger partial charge in [-0.15, -0.1) is 0 Å². The van der Waals surface area contributed by atoms with E-state index in [9.17, 15) is 9.18 Å². The molecule has 0 saturated heterocycles. The van der Waals surface area contributed by atoms with Crippen LogP contribution in [-0.4, -0.2) is 9.55 Å². The maximum Gasteiger partial charge on any atom is 0.266 e. The lowest BCUT2D eigenvalue weighted by Crippen LogP contribution is -2.22. The minimum Gasteiger partial charge on any atom is -0.457 e. The molecule has 0 aliphatic rings. The molecule has 0 spiro atoms. The predicted molar refractivity (Wildman–Crippen MR) is 130 cm³/mol. The first-order chi connectivity index (χ1) is 16.0. The number of nitrogens with zero attached hydrogens (tertiary/aromatic N) is 2. The zero-order chi connectivity index (χ0) is 22.9. The fraction of sp³-hybridized carbons (Fsp3) is 0. The lowest BCUT2D eigenvalue weighted by atomic mass is 10.2. The van der Waals surface area contributed by atoms with E-state index in [0.717, 1.165) is 5.56 Å². The quantitative estimate of drug-likeness (QED) is 0.274. The van der Waals surface area contributed by atoms with Gasteiger partial charge in [-0.3, -0.25) is 9.36 Å². The Kier molecular flexibility index (Phi) is 5.58. The first kappa shape index (κ1) is 21.2. The standard InChI is InChI=1S/C26H15Cl2FN2O2/c27-17-7-5-16(6-8-17)24-13-10-19(33-24)11-14-25-30-23-4-2-1-3-20(23)26(32)31(25)18-9-12-22(29)21(28)15-18/h1-15H/b14-11+. The van der Waals surface area contributed by atoms with E-state index < -0.39 is 5.82 Å². The summed E-state index contributed by atoms with van der Waals surface area (Å²) in [5, 5.41) is 1.01. The minimum atomic E-state index is -0.565. The Morgan fingerprint density at radius 1 is 0.909 bits per heavy atom. The van der Waals surface area contributed by atoms with Crippen molar-refractivity contribution in [2.45, 2.75) is 0 Å². The van der Waals surface area contributed by atoms with Crippen LogP contribution in [0.5, 0.6) is 0 Å². The molecule has 3 aromatic carbocycles. The number of rotatable bonds is 4. The lowest BCUT2D eigenvalue weighted by Gasteiger charge is -2.12. The topological polar surface area (TPSA) is 48.0 Å². The van der Waals surface area contributed by atoms with Gasteiger partial charge in [0.15, 0.2) is 0 Å². The second-order valence-electron chi connectivity index (χ2n) is 7.27. The highest BCUT2D eigenvalue weighted by Gasteiger charge is 2.13. The molecule has 0 atom stereocenters. The van der Waals surface area contributed by atoms with E-state index in [1.54, 1.807) is 42.5 Å². The van der Waals surface area contributed by atoms with Gasteiger partial charge in [0.25, 0.3) is 5.56 Å².